The molecule has 5 rings (SSSR count). The highest BCUT2D eigenvalue weighted by Crippen LogP contribution is 2.40. The average Bonchev–Trinajstić information content (AvgIpc) is 3.56. The summed E-state index contributed by atoms with van der Waals surface area (Å²) in [7, 11) is 0. The fourth-order valence-corrected chi connectivity index (χ4v) is 4.41. The van der Waals surface area contributed by atoms with Crippen LogP contribution in [0.5, 0.6) is 5.75 Å². The number of halogens is 6. The number of alkyl halides is 6. The van der Waals surface area contributed by atoms with Gasteiger partial charge in [0.2, 0.25) is 11.7 Å². The van der Waals surface area contributed by atoms with E-state index in [1.165, 1.54) is 0 Å². The Morgan fingerprint density at radius 2 is 1.85 bits per heavy atom. The molecule has 212 valence electrons. The number of rotatable bonds is 6. The maximum Gasteiger partial charge on any atom is 0.425 e. The lowest BCUT2D eigenvalue weighted by Crippen LogP contribution is -2.47. The zero-order valence-electron chi connectivity index (χ0n) is 21.0. The minimum absolute atomic E-state index is 0.0243. The number of fused-ring (bicyclic) bond motifs is 1. The molecule has 0 spiro atoms. The second-order valence-corrected chi connectivity index (χ2v) is 9.25. The average molecular weight is 567 g/mol. The second kappa shape index (κ2) is 10.5. The Balaban J connectivity index is 1.43. The maximum absolute atomic E-state index is 13.7. The molecule has 3 heterocycles. The van der Waals surface area contributed by atoms with Crippen molar-refractivity contribution in [3.05, 3.63) is 54.2 Å². The van der Waals surface area contributed by atoms with Crippen LogP contribution in [0.2, 0.25) is 0 Å². The van der Waals surface area contributed by atoms with Crippen LogP contribution in [0.15, 0.2) is 53.2 Å². The minimum atomic E-state index is -5.00. The summed E-state index contributed by atoms with van der Waals surface area (Å²) in [5.74, 6) is -1.17. The van der Waals surface area contributed by atoms with Crippen LogP contribution in [0.4, 0.5) is 26.3 Å². The second-order valence-electron chi connectivity index (χ2n) is 9.25. The maximum atomic E-state index is 13.7. The van der Waals surface area contributed by atoms with Gasteiger partial charge in [-0.15, -0.1) is 0 Å². The SMILES string of the molecule is C[C@H](Oc1ccc(-c2nc(-c3cccc4c3ccn4CC(=O)N3CCNCC3)no2)cc1C(F)(F)F)C(F)(F)F. The molecular formula is C26H23F6N5O3. The summed E-state index contributed by atoms with van der Waals surface area (Å²) < 4.78 is 91.3. The summed E-state index contributed by atoms with van der Waals surface area (Å²) in [4.78, 5) is 18.8. The van der Waals surface area contributed by atoms with E-state index in [0.29, 0.717) is 37.0 Å². The third kappa shape index (κ3) is 5.62. The van der Waals surface area contributed by atoms with Gasteiger partial charge in [0.15, 0.2) is 6.10 Å². The lowest BCUT2D eigenvalue weighted by Gasteiger charge is -2.27. The van der Waals surface area contributed by atoms with E-state index >= 15 is 0 Å². The Hall–Kier alpha value is -4.07. The van der Waals surface area contributed by atoms with Crippen molar-refractivity contribution in [3.8, 4) is 28.6 Å². The Kier molecular flexibility index (Phi) is 7.21. The molecule has 0 bridgehead atoms. The first kappa shape index (κ1) is 27.5. The predicted octanol–water partition coefficient (Wildman–Crippen LogP) is 5.14. The molecule has 2 aromatic carbocycles. The van der Waals surface area contributed by atoms with Gasteiger partial charge >= 0.3 is 12.4 Å². The van der Waals surface area contributed by atoms with Gasteiger partial charge in [0.05, 0.1) is 5.56 Å². The normalized spacial score (nSPS) is 15.4. The first-order chi connectivity index (χ1) is 18.9. The number of ether oxygens (including phenoxy) is 1. The third-order valence-electron chi connectivity index (χ3n) is 6.55. The predicted molar refractivity (Wildman–Crippen MR) is 131 cm³/mol. The van der Waals surface area contributed by atoms with Crippen LogP contribution >= 0.6 is 0 Å². The summed E-state index contributed by atoms with van der Waals surface area (Å²) in [6.07, 6.45) is -10.5. The Morgan fingerprint density at radius 3 is 2.55 bits per heavy atom. The van der Waals surface area contributed by atoms with Crippen LogP contribution in [0.1, 0.15) is 12.5 Å². The smallest absolute Gasteiger partial charge is 0.425 e. The molecule has 4 aromatic rings. The fraction of sp³-hybridized carbons (Fsp3) is 0.346. The first-order valence-corrected chi connectivity index (χ1v) is 12.3. The highest BCUT2D eigenvalue weighted by atomic mass is 19.4. The van der Waals surface area contributed by atoms with E-state index < -0.39 is 29.8 Å². The quantitative estimate of drug-likeness (QED) is 0.325. The summed E-state index contributed by atoms with van der Waals surface area (Å²) >= 11 is 0. The van der Waals surface area contributed by atoms with E-state index in [0.717, 1.165) is 30.7 Å². The molecule has 0 aliphatic carbocycles. The minimum Gasteiger partial charge on any atom is -0.481 e. The van der Waals surface area contributed by atoms with E-state index in [4.69, 9.17) is 4.52 Å². The number of nitrogens with one attached hydrogen (secondary N) is 1. The van der Waals surface area contributed by atoms with Crippen molar-refractivity contribution in [3.63, 3.8) is 0 Å². The third-order valence-corrected chi connectivity index (χ3v) is 6.55. The number of nitrogens with zero attached hydrogens (tertiary/aromatic N) is 4. The molecule has 1 N–H and O–H groups in total. The molecule has 1 amide bonds. The van der Waals surface area contributed by atoms with Gasteiger partial charge in [-0.25, -0.2) is 0 Å². The fourth-order valence-electron chi connectivity index (χ4n) is 4.41. The van der Waals surface area contributed by atoms with Crippen LogP contribution in [0, 0.1) is 0 Å². The topological polar surface area (TPSA) is 85.4 Å². The molecular weight excluding hydrogens is 544 g/mol. The molecule has 2 aromatic heterocycles. The molecule has 1 aliphatic rings. The molecule has 0 saturated carbocycles. The Labute approximate surface area is 223 Å². The van der Waals surface area contributed by atoms with E-state index in [2.05, 4.69) is 20.2 Å². The van der Waals surface area contributed by atoms with Gasteiger partial charge < -0.3 is 24.0 Å². The molecule has 1 saturated heterocycles. The van der Waals surface area contributed by atoms with E-state index in [1.54, 1.807) is 33.9 Å². The number of amides is 1. The number of hydrogen-bond acceptors (Lipinski definition) is 6. The van der Waals surface area contributed by atoms with E-state index in [9.17, 15) is 31.1 Å². The monoisotopic (exact) mass is 567 g/mol. The molecule has 40 heavy (non-hydrogen) atoms. The van der Waals surface area contributed by atoms with Gasteiger partial charge in [-0.3, -0.25) is 4.79 Å². The summed E-state index contributed by atoms with van der Waals surface area (Å²) in [5.41, 5.74) is -0.304. The number of carbonyl (C=O) groups is 1. The van der Waals surface area contributed by atoms with Gasteiger partial charge in [-0.05, 0) is 37.3 Å². The van der Waals surface area contributed by atoms with Gasteiger partial charge in [0.1, 0.15) is 12.3 Å². The van der Waals surface area contributed by atoms with Crippen LogP contribution in [-0.2, 0) is 17.5 Å². The highest BCUT2D eigenvalue weighted by Gasteiger charge is 2.41. The number of hydrogen-bond donors (Lipinski definition) is 1. The van der Waals surface area contributed by atoms with Crippen molar-refractivity contribution in [2.45, 2.75) is 31.9 Å². The summed E-state index contributed by atoms with van der Waals surface area (Å²) in [6, 6.07) is 9.55. The Bertz CT molecular complexity index is 1520. The Morgan fingerprint density at radius 1 is 1.10 bits per heavy atom. The number of aromatic nitrogens is 3. The lowest BCUT2D eigenvalue weighted by molar-refractivity contribution is -0.191. The van der Waals surface area contributed by atoms with Crippen molar-refractivity contribution in [2.24, 2.45) is 0 Å². The summed E-state index contributed by atoms with van der Waals surface area (Å²) in [6.45, 7) is 3.46. The van der Waals surface area contributed by atoms with Gasteiger partial charge in [0.25, 0.3) is 5.89 Å². The number of carbonyl (C=O) groups excluding carboxylic acids is 1. The van der Waals surface area contributed by atoms with Gasteiger partial charge in [-0.1, -0.05) is 17.3 Å². The highest BCUT2D eigenvalue weighted by molar-refractivity contribution is 5.94. The van der Waals surface area contributed by atoms with Crippen molar-refractivity contribution < 1.29 is 40.4 Å². The molecule has 8 nitrogen and oxygen atoms in total. The molecule has 0 radical (unpaired) electrons. The summed E-state index contributed by atoms with van der Waals surface area (Å²) in [5, 5.41) is 7.81. The molecule has 1 atom stereocenters. The van der Waals surface area contributed by atoms with Crippen LogP contribution in [0.25, 0.3) is 33.7 Å². The van der Waals surface area contributed by atoms with Crippen LogP contribution in [0.3, 0.4) is 0 Å². The standard InChI is InChI=1S/C26H23F6N5O3/c1-15(25(27,28)29)39-21-6-5-16(13-19(21)26(30,31)32)24-34-23(35-40-24)18-3-2-4-20-17(18)7-10-37(20)14-22(38)36-11-8-33-9-12-36/h2-7,10,13,15,33H,8-9,11-12,14H2,1H3/t15-/m0/s1. The zero-order valence-corrected chi connectivity index (χ0v) is 21.0. The largest absolute Gasteiger partial charge is 0.481 e. The van der Waals surface area contributed by atoms with Crippen molar-refractivity contribution >= 4 is 16.8 Å². The van der Waals surface area contributed by atoms with Crippen molar-refractivity contribution in [1.82, 2.24) is 24.9 Å². The molecule has 14 heteroatoms. The number of piperazine rings is 1. The van der Waals surface area contributed by atoms with E-state index in [1.807, 2.05) is 6.07 Å². The molecule has 1 aliphatic heterocycles. The van der Waals surface area contributed by atoms with Crippen LogP contribution in [-0.4, -0.2) is 64.0 Å². The van der Waals surface area contributed by atoms with E-state index in [-0.39, 0.29) is 29.7 Å². The number of benzene rings is 2. The van der Waals surface area contributed by atoms with Crippen molar-refractivity contribution in [2.75, 3.05) is 26.2 Å². The lowest BCUT2D eigenvalue weighted by atomic mass is 10.1. The first-order valence-electron chi connectivity index (χ1n) is 12.3. The molecule has 1 fully saturated rings. The molecule has 0 unspecified atom stereocenters. The van der Waals surface area contributed by atoms with Crippen LogP contribution < -0.4 is 10.1 Å². The van der Waals surface area contributed by atoms with Crippen molar-refractivity contribution in [1.29, 1.82) is 0 Å². The zero-order chi connectivity index (χ0) is 28.7. The van der Waals surface area contributed by atoms with Gasteiger partial charge in [-0.2, -0.15) is 31.3 Å². The van der Waals surface area contributed by atoms with Gasteiger partial charge in [0, 0.05) is 54.4 Å².